The summed E-state index contributed by atoms with van der Waals surface area (Å²) in [6.45, 7) is 2.36. The van der Waals surface area contributed by atoms with E-state index in [4.69, 9.17) is 15.2 Å². The number of carbonyl (C=O) groups is 2. The highest BCUT2D eigenvalue weighted by Gasteiger charge is 2.20. The Hall–Kier alpha value is -2.12. The van der Waals surface area contributed by atoms with Crippen LogP contribution >= 0.6 is 11.3 Å². The molecular weight excluding hydrogens is 304 g/mol. The van der Waals surface area contributed by atoms with Crippen LogP contribution in [0.25, 0.3) is 10.1 Å². The molecule has 22 heavy (non-hydrogen) atoms. The zero-order chi connectivity index (χ0) is 16.3. The van der Waals surface area contributed by atoms with Gasteiger partial charge in [0.05, 0.1) is 25.5 Å². The molecule has 1 aromatic carbocycles. The maximum atomic E-state index is 11.9. The van der Waals surface area contributed by atoms with Gasteiger partial charge in [0, 0.05) is 22.7 Å². The average Bonchev–Trinajstić information content (AvgIpc) is 2.88. The lowest BCUT2D eigenvalue weighted by atomic mass is 10.1. The molecule has 7 heteroatoms. The summed E-state index contributed by atoms with van der Waals surface area (Å²) in [7, 11) is 2.66. The van der Waals surface area contributed by atoms with Crippen LogP contribution in [0.4, 0.5) is 5.69 Å². The van der Waals surface area contributed by atoms with E-state index in [2.05, 4.69) is 5.32 Å². The van der Waals surface area contributed by atoms with Crippen LogP contribution in [0.5, 0.6) is 0 Å². The summed E-state index contributed by atoms with van der Waals surface area (Å²) in [5.74, 6) is -0.848. The molecule has 0 aliphatic rings. The highest BCUT2D eigenvalue weighted by Crippen LogP contribution is 2.37. The molecule has 2 rings (SSSR count). The van der Waals surface area contributed by atoms with Crippen LogP contribution < -0.4 is 11.1 Å². The molecule has 2 aromatic rings. The van der Waals surface area contributed by atoms with Crippen molar-refractivity contribution >= 4 is 39.0 Å². The lowest BCUT2D eigenvalue weighted by Gasteiger charge is -2.10. The van der Waals surface area contributed by atoms with Gasteiger partial charge in [0.2, 0.25) is 0 Å². The number of carbonyl (C=O) groups excluding carboxylic acids is 2. The molecule has 0 aliphatic heterocycles. The van der Waals surface area contributed by atoms with Crippen LogP contribution in [0.2, 0.25) is 0 Å². The summed E-state index contributed by atoms with van der Waals surface area (Å²) in [6.07, 6.45) is 0. The second kappa shape index (κ2) is 6.76. The van der Waals surface area contributed by atoms with Gasteiger partial charge in [-0.1, -0.05) is 0 Å². The summed E-state index contributed by atoms with van der Waals surface area (Å²) < 4.78 is 10.4. The average molecular weight is 322 g/mol. The van der Waals surface area contributed by atoms with Crippen molar-refractivity contribution in [3.63, 3.8) is 0 Å². The fraction of sp³-hybridized carbons (Fsp3) is 0.333. The lowest BCUT2D eigenvalue weighted by Crippen LogP contribution is -2.25. The van der Waals surface area contributed by atoms with Gasteiger partial charge in [-0.15, -0.1) is 11.3 Å². The third kappa shape index (κ3) is 3.20. The molecule has 0 amide bonds. The van der Waals surface area contributed by atoms with E-state index in [0.717, 1.165) is 10.1 Å². The Balaban J connectivity index is 2.56. The molecule has 0 aliphatic carbocycles. The molecule has 0 unspecified atom stereocenters. The van der Waals surface area contributed by atoms with Gasteiger partial charge < -0.3 is 20.5 Å². The van der Waals surface area contributed by atoms with E-state index < -0.39 is 11.9 Å². The molecule has 0 saturated carbocycles. The van der Waals surface area contributed by atoms with E-state index in [-0.39, 0.29) is 6.04 Å². The van der Waals surface area contributed by atoms with Crippen molar-refractivity contribution in [3.8, 4) is 0 Å². The quantitative estimate of drug-likeness (QED) is 0.820. The second-order valence-corrected chi connectivity index (χ2v) is 5.91. The van der Waals surface area contributed by atoms with Crippen LogP contribution in [-0.4, -0.2) is 38.7 Å². The Kier molecular flexibility index (Phi) is 4.99. The Bertz CT molecular complexity index is 709. The topological polar surface area (TPSA) is 90.7 Å². The first-order valence-electron chi connectivity index (χ1n) is 6.70. The number of hydrogen-bond acceptors (Lipinski definition) is 7. The number of hydrogen-bond donors (Lipinski definition) is 2. The fourth-order valence-electron chi connectivity index (χ4n) is 2.02. The monoisotopic (exact) mass is 322 g/mol. The van der Waals surface area contributed by atoms with Gasteiger partial charge in [-0.2, -0.15) is 0 Å². The molecule has 0 saturated heterocycles. The number of benzene rings is 1. The van der Waals surface area contributed by atoms with Gasteiger partial charge in [0.1, 0.15) is 4.88 Å². The zero-order valence-corrected chi connectivity index (χ0v) is 13.5. The number of thiophene rings is 1. The molecule has 0 spiro atoms. The minimum absolute atomic E-state index is 0.0794. The molecule has 0 fully saturated rings. The summed E-state index contributed by atoms with van der Waals surface area (Å²) in [4.78, 5) is 24.1. The smallest absolute Gasteiger partial charge is 0.350 e. The first kappa shape index (κ1) is 16.3. The van der Waals surface area contributed by atoms with E-state index >= 15 is 0 Å². The minimum atomic E-state index is -0.425. The summed E-state index contributed by atoms with van der Waals surface area (Å²) in [5, 5.41) is 3.94. The fourth-order valence-corrected chi connectivity index (χ4v) is 3.10. The highest BCUT2D eigenvalue weighted by atomic mass is 32.1. The zero-order valence-electron chi connectivity index (χ0n) is 12.6. The largest absolute Gasteiger partial charge is 0.465 e. The van der Waals surface area contributed by atoms with Gasteiger partial charge in [0.15, 0.2) is 0 Å². The number of ether oxygens (including phenoxy) is 2. The molecule has 118 valence electrons. The predicted molar refractivity (Wildman–Crippen MR) is 86.6 cm³/mol. The highest BCUT2D eigenvalue weighted by molar-refractivity contribution is 7.21. The van der Waals surface area contributed by atoms with Crippen molar-refractivity contribution in [1.29, 1.82) is 0 Å². The van der Waals surface area contributed by atoms with Crippen molar-refractivity contribution in [2.45, 2.75) is 13.0 Å². The van der Waals surface area contributed by atoms with E-state index in [0.29, 0.717) is 22.7 Å². The first-order chi connectivity index (χ1) is 10.5. The van der Waals surface area contributed by atoms with Crippen LogP contribution in [0.15, 0.2) is 18.2 Å². The molecule has 6 nitrogen and oxygen atoms in total. The van der Waals surface area contributed by atoms with Crippen molar-refractivity contribution in [2.24, 2.45) is 5.73 Å². The maximum Gasteiger partial charge on any atom is 0.350 e. The SMILES string of the molecule is COC(=O)c1ccc2sc(C(=O)OC)c(NC[C@@H](C)N)c2c1. The number of methoxy groups -OCH3 is 2. The summed E-state index contributed by atoms with van der Waals surface area (Å²) in [5.41, 5.74) is 6.82. The number of esters is 2. The molecular formula is C15H18N2O4S. The summed E-state index contributed by atoms with van der Waals surface area (Å²) >= 11 is 1.31. The van der Waals surface area contributed by atoms with Gasteiger partial charge in [-0.25, -0.2) is 9.59 Å². The van der Waals surface area contributed by atoms with Gasteiger partial charge in [-0.3, -0.25) is 0 Å². The van der Waals surface area contributed by atoms with Crippen LogP contribution in [0.1, 0.15) is 27.0 Å². The predicted octanol–water partition coefficient (Wildman–Crippen LogP) is 2.23. The lowest BCUT2D eigenvalue weighted by molar-refractivity contribution is 0.0595. The van der Waals surface area contributed by atoms with E-state index in [9.17, 15) is 9.59 Å². The number of rotatable bonds is 5. The van der Waals surface area contributed by atoms with Gasteiger partial charge in [-0.05, 0) is 25.1 Å². The Labute approximate surface area is 132 Å². The molecule has 3 N–H and O–H groups in total. The first-order valence-corrected chi connectivity index (χ1v) is 7.52. The van der Waals surface area contributed by atoms with Crippen LogP contribution in [0.3, 0.4) is 0 Å². The Morgan fingerprint density at radius 2 is 1.95 bits per heavy atom. The van der Waals surface area contributed by atoms with Crippen LogP contribution in [0, 0.1) is 0 Å². The van der Waals surface area contributed by atoms with Crippen molar-refractivity contribution < 1.29 is 19.1 Å². The van der Waals surface area contributed by atoms with Crippen molar-refractivity contribution in [2.75, 3.05) is 26.1 Å². The summed E-state index contributed by atoms with van der Waals surface area (Å²) in [6, 6.07) is 5.08. The number of anilines is 1. The molecule has 0 radical (unpaired) electrons. The molecule has 1 atom stereocenters. The van der Waals surface area contributed by atoms with Crippen molar-refractivity contribution in [1.82, 2.24) is 0 Å². The molecule has 1 heterocycles. The molecule has 0 bridgehead atoms. The number of nitrogens with two attached hydrogens (primary N) is 1. The normalized spacial score (nSPS) is 12.0. The molecule has 1 aromatic heterocycles. The second-order valence-electron chi connectivity index (χ2n) is 4.86. The standard InChI is InChI=1S/C15H18N2O4S/c1-8(16)7-17-12-10-6-9(14(18)20-2)4-5-11(10)22-13(12)15(19)21-3/h4-6,8,17H,7,16H2,1-3H3/t8-/m1/s1. The van der Waals surface area contributed by atoms with E-state index in [1.54, 1.807) is 18.2 Å². The van der Waals surface area contributed by atoms with Gasteiger partial charge >= 0.3 is 11.9 Å². The Morgan fingerprint density at radius 1 is 1.27 bits per heavy atom. The third-order valence-electron chi connectivity index (χ3n) is 3.08. The van der Waals surface area contributed by atoms with Gasteiger partial charge in [0.25, 0.3) is 0 Å². The Morgan fingerprint density at radius 3 is 2.55 bits per heavy atom. The third-order valence-corrected chi connectivity index (χ3v) is 4.23. The minimum Gasteiger partial charge on any atom is -0.465 e. The van der Waals surface area contributed by atoms with Crippen molar-refractivity contribution in [3.05, 3.63) is 28.6 Å². The van der Waals surface area contributed by atoms with Crippen LogP contribution in [-0.2, 0) is 9.47 Å². The number of fused-ring (bicyclic) bond motifs is 1. The van der Waals surface area contributed by atoms with E-state index in [1.807, 2.05) is 6.92 Å². The maximum absolute atomic E-state index is 11.9. The number of nitrogens with one attached hydrogen (secondary N) is 1. The van der Waals surface area contributed by atoms with E-state index in [1.165, 1.54) is 25.6 Å².